The van der Waals surface area contributed by atoms with Crippen LogP contribution in [0, 0.1) is 5.82 Å². The summed E-state index contributed by atoms with van der Waals surface area (Å²) in [5, 5.41) is -0.169. The number of hydrogen-bond acceptors (Lipinski definition) is 2. The second-order valence-corrected chi connectivity index (χ2v) is 5.63. The molecular weight excluding hydrogens is 314 g/mol. The fraction of sp³-hybridized carbons (Fsp3) is 0.250. The summed E-state index contributed by atoms with van der Waals surface area (Å²) in [6.45, 7) is 1.25. The van der Waals surface area contributed by atoms with Crippen LogP contribution in [-0.4, -0.2) is 13.2 Å². The summed E-state index contributed by atoms with van der Waals surface area (Å²) in [6, 6.07) is 9.75. The van der Waals surface area contributed by atoms with Gasteiger partial charge in [-0.2, -0.15) is 0 Å². The Kier molecular flexibility index (Phi) is 4.22. The van der Waals surface area contributed by atoms with Gasteiger partial charge in [0.15, 0.2) is 11.5 Å². The van der Waals surface area contributed by atoms with Crippen molar-refractivity contribution < 1.29 is 13.9 Å². The van der Waals surface area contributed by atoms with E-state index in [0.717, 1.165) is 12.0 Å². The first-order chi connectivity index (χ1) is 10.1. The molecule has 1 aliphatic heterocycles. The van der Waals surface area contributed by atoms with Crippen molar-refractivity contribution in [1.29, 1.82) is 0 Å². The Bertz CT molecular complexity index is 661. The zero-order valence-electron chi connectivity index (χ0n) is 11.1. The Morgan fingerprint density at radius 1 is 1.00 bits per heavy atom. The molecule has 0 N–H and O–H groups in total. The fourth-order valence-corrected chi connectivity index (χ4v) is 2.88. The molecule has 0 bridgehead atoms. The molecule has 2 nitrogen and oxygen atoms in total. The Morgan fingerprint density at radius 3 is 2.52 bits per heavy atom. The van der Waals surface area contributed by atoms with Crippen molar-refractivity contribution >= 4 is 23.2 Å². The van der Waals surface area contributed by atoms with Gasteiger partial charge in [-0.15, -0.1) is 11.6 Å². The maximum Gasteiger partial charge on any atom is 0.161 e. The molecule has 3 rings (SSSR count). The molecule has 2 aromatic rings. The van der Waals surface area contributed by atoms with Crippen LogP contribution < -0.4 is 9.47 Å². The van der Waals surface area contributed by atoms with Crippen molar-refractivity contribution in [1.82, 2.24) is 0 Å². The molecule has 5 heteroatoms. The first kappa shape index (κ1) is 14.5. The van der Waals surface area contributed by atoms with Crippen LogP contribution in [0.5, 0.6) is 11.5 Å². The standard InChI is InChI=1S/C16H13Cl2FO2/c17-13-9-11(19)3-4-12(13)16(18)10-2-5-14-15(8-10)21-7-1-6-20-14/h2-5,8-9,16H,1,6-7H2. The van der Waals surface area contributed by atoms with E-state index in [2.05, 4.69) is 0 Å². The lowest BCUT2D eigenvalue weighted by Gasteiger charge is -2.15. The molecule has 1 aliphatic rings. The highest BCUT2D eigenvalue weighted by Crippen LogP contribution is 2.38. The van der Waals surface area contributed by atoms with Crippen molar-refractivity contribution in [2.24, 2.45) is 0 Å². The van der Waals surface area contributed by atoms with E-state index in [9.17, 15) is 4.39 Å². The SMILES string of the molecule is Fc1ccc(C(Cl)c2ccc3c(c2)OCCCO3)c(Cl)c1. The largest absolute Gasteiger partial charge is 0.490 e. The predicted octanol–water partition coefficient (Wildman–Crippen LogP) is 4.97. The van der Waals surface area contributed by atoms with Crippen molar-refractivity contribution in [3.05, 3.63) is 58.4 Å². The number of rotatable bonds is 2. The van der Waals surface area contributed by atoms with Crippen LogP contribution in [0.4, 0.5) is 4.39 Å². The van der Waals surface area contributed by atoms with Gasteiger partial charge in [0.25, 0.3) is 0 Å². The first-order valence-corrected chi connectivity index (χ1v) is 7.45. The van der Waals surface area contributed by atoms with E-state index in [1.807, 2.05) is 18.2 Å². The van der Waals surface area contributed by atoms with Crippen LogP contribution in [0.15, 0.2) is 36.4 Å². The molecular formula is C16H13Cl2FO2. The van der Waals surface area contributed by atoms with Crippen LogP contribution in [0.2, 0.25) is 5.02 Å². The van der Waals surface area contributed by atoms with E-state index < -0.39 is 5.38 Å². The molecule has 0 saturated carbocycles. The molecule has 21 heavy (non-hydrogen) atoms. The van der Waals surface area contributed by atoms with E-state index in [1.165, 1.54) is 12.1 Å². The van der Waals surface area contributed by atoms with Crippen LogP contribution in [0.3, 0.4) is 0 Å². The lowest BCUT2D eigenvalue weighted by molar-refractivity contribution is 0.297. The highest BCUT2D eigenvalue weighted by atomic mass is 35.5. The Hall–Kier alpha value is -1.45. The molecule has 0 amide bonds. The third-order valence-electron chi connectivity index (χ3n) is 3.30. The van der Waals surface area contributed by atoms with Gasteiger partial charge in [0.1, 0.15) is 5.82 Å². The van der Waals surface area contributed by atoms with Gasteiger partial charge in [0, 0.05) is 11.4 Å². The number of hydrogen-bond donors (Lipinski definition) is 0. The van der Waals surface area contributed by atoms with E-state index in [4.69, 9.17) is 32.7 Å². The summed E-state index contributed by atoms with van der Waals surface area (Å²) in [7, 11) is 0. The number of halogens is 3. The molecule has 0 saturated heterocycles. The number of alkyl halides is 1. The summed E-state index contributed by atoms with van der Waals surface area (Å²) >= 11 is 12.5. The van der Waals surface area contributed by atoms with Crippen molar-refractivity contribution in [2.75, 3.05) is 13.2 Å². The van der Waals surface area contributed by atoms with Gasteiger partial charge in [-0.05, 0) is 35.4 Å². The second-order valence-electron chi connectivity index (χ2n) is 4.79. The fourth-order valence-electron chi connectivity index (χ4n) is 2.22. The van der Waals surface area contributed by atoms with Crippen molar-refractivity contribution in [3.8, 4) is 11.5 Å². The minimum Gasteiger partial charge on any atom is -0.490 e. The van der Waals surface area contributed by atoms with Crippen molar-refractivity contribution in [2.45, 2.75) is 11.8 Å². The topological polar surface area (TPSA) is 18.5 Å². The molecule has 0 radical (unpaired) electrons. The third kappa shape index (κ3) is 3.09. The van der Waals surface area contributed by atoms with E-state index >= 15 is 0 Å². The van der Waals surface area contributed by atoms with Crippen LogP contribution in [-0.2, 0) is 0 Å². The second kappa shape index (κ2) is 6.12. The number of benzene rings is 2. The Labute approximate surface area is 132 Å². The zero-order chi connectivity index (χ0) is 14.8. The highest BCUT2D eigenvalue weighted by molar-refractivity contribution is 6.33. The molecule has 2 aromatic carbocycles. The lowest BCUT2D eigenvalue weighted by Crippen LogP contribution is -1.98. The van der Waals surface area contributed by atoms with Crippen molar-refractivity contribution in [3.63, 3.8) is 0 Å². The van der Waals surface area contributed by atoms with Crippen LogP contribution in [0.1, 0.15) is 22.9 Å². The first-order valence-electron chi connectivity index (χ1n) is 6.64. The quantitative estimate of drug-likeness (QED) is 0.725. The highest BCUT2D eigenvalue weighted by Gasteiger charge is 2.18. The summed E-state index contributed by atoms with van der Waals surface area (Å²) < 4.78 is 24.4. The maximum atomic E-state index is 13.1. The van der Waals surface area contributed by atoms with E-state index in [0.29, 0.717) is 35.3 Å². The van der Waals surface area contributed by atoms with E-state index in [1.54, 1.807) is 6.07 Å². The Balaban J connectivity index is 1.94. The van der Waals surface area contributed by atoms with Gasteiger partial charge in [-0.25, -0.2) is 4.39 Å². The smallest absolute Gasteiger partial charge is 0.161 e. The third-order valence-corrected chi connectivity index (χ3v) is 4.11. The number of fused-ring (bicyclic) bond motifs is 1. The van der Waals surface area contributed by atoms with Crippen LogP contribution in [0.25, 0.3) is 0 Å². The summed E-state index contributed by atoms with van der Waals surface area (Å²) in [4.78, 5) is 0. The molecule has 110 valence electrons. The summed E-state index contributed by atoms with van der Waals surface area (Å²) in [5.74, 6) is 1.01. The number of ether oxygens (including phenoxy) is 2. The molecule has 0 aliphatic carbocycles. The monoisotopic (exact) mass is 326 g/mol. The van der Waals surface area contributed by atoms with Gasteiger partial charge >= 0.3 is 0 Å². The van der Waals surface area contributed by atoms with Crippen LogP contribution >= 0.6 is 23.2 Å². The molecule has 1 unspecified atom stereocenters. The predicted molar refractivity (Wildman–Crippen MR) is 81.2 cm³/mol. The van der Waals surface area contributed by atoms with Gasteiger partial charge in [-0.3, -0.25) is 0 Å². The average molecular weight is 327 g/mol. The summed E-state index contributed by atoms with van der Waals surface area (Å²) in [6.07, 6.45) is 0.845. The van der Waals surface area contributed by atoms with E-state index in [-0.39, 0.29) is 5.82 Å². The minimum atomic E-state index is -0.477. The Morgan fingerprint density at radius 2 is 1.76 bits per heavy atom. The zero-order valence-corrected chi connectivity index (χ0v) is 12.6. The molecule has 0 fully saturated rings. The minimum absolute atomic E-state index is 0.308. The molecule has 1 heterocycles. The molecule has 1 atom stereocenters. The van der Waals surface area contributed by atoms with Gasteiger partial charge < -0.3 is 9.47 Å². The van der Waals surface area contributed by atoms with Gasteiger partial charge in [0.2, 0.25) is 0 Å². The normalized spacial score (nSPS) is 15.4. The lowest BCUT2D eigenvalue weighted by atomic mass is 10.0. The molecule has 0 spiro atoms. The van der Waals surface area contributed by atoms with Gasteiger partial charge in [-0.1, -0.05) is 23.7 Å². The average Bonchev–Trinajstić information content (AvgIpc) is 2.71. The van der Waals surface area contributed by atoms with Gasteiger partial charge in [0.05, 0.1) is 18.6 Å². The summed E-state index contributed by atoms with van der Waals surface area (Å²) in [5.41, 5.74) is 1.49. The maximum absolute atomic E-state index is 13.1. The molecule has 0 aromatic heterocycles.